The Hall–Kier alpha value is -3.52. The lowest BCUT2D eigenvalue weighted by atomic mass is 10.2. The second-order valence-corrected chi connectivity index (χ2v) is 6.72. The number of aromatic amines is 1. The number of nitrogens with zero attached hydrogens (tertiary/aromatic N) is 5. The van der Waals surface area contributed by atoms with Gasteiger partial charge in [-0.1, -0.05) is 30.3 Å². The lowest BCUT2D eigenvalue weighted by Crippen LogP contribution is -2.07. The smallest absolute Gasteiger partial charge is 0.271 e. The molecule has 0 atom stereocenters. The van der Waals surface area contributed by atoms with Gasteiger partial charge in [-0.15, -0.1) is 5.10 Å². The number of hydrogen-bond acceptors (Lipinski definition) is 5. The first-order chi connectivity index (χ1) is 13.6. The van der Waals surface area contributed by atoms with E-state index in [2.05, 4.69) is 25.7 Å². The summed E-state index contributed by atoms with van der Waals surface area (Å²) in [5.41, 5.74) is 4.86. The summed E-state index contributed by atoms with van der Waals surface area (Å²) in [6.07, 6.45) is 1.74. The fraction of sp³-hybridized carbons (Fsp3) is 0.100. The highest BCUT2D eigenvalue weighted by Gasteiger charge is 2.11. The molecule has 7 nitrogen and oxygen atoms in total. The van der Waals surface area contributed by atoms with Crippen LogP contribution in [0.15, 0.2) is 65.8 Å². The van der Waals surface area contributed by atoms with Gasteiger partial charge in [-0.2, -0.15) is 14.9 Å². The SMILES string of the molecule is Cc1cc(C)n(-c2n[nH]c(=S)n2/N=C\c2ccc(Nc3ccccc3)cc2)n1. The zero-order chi connectivity index (χ0) is 19.5. The van der Waals surface area contributed by atoms with Crippen molar-refractivity contribution in [2.45, 2.75) is 13.8 Å². The molecule has 28 heavy (non-hydrogen) atoms. The van der Waals surface area contributed by atoms with E-state index in [4.69, 9.17) is 12.2 Å². The molecule has 0 unspecified atom stereocenters. The van der Waals surface area contributed by atoms with Gasteiger partial charge in [0.2, 0.25) is 4.77 Å². The van der Waals surface area contributed by atoms with Gasteiger partial charge >= 0.3 is 0 Å². The van der Waals surface area contributed by atoms with Crippen LogP contribution in [-0.2, 0) is 0 Å². The number of benzene rings is 2. The first kappa shape index (κ1) is 17.9. The fourth-order valence-electron chi connectivity index (χ4n) is 2.82. The molecule has 0 spiro atoms. The summed E-state index contributed by atoms with van der Waals surface area (Å²) in [7, 11) is 0. The van der Waals surface area contributed by atoms with Gasteiger partial charge in [-0.25, -0.2) is 9.78 Å². The minimum absolute atomic E-state index is 0.404. The van der Waals surface area contributed by atoms with Crippen molar-refractivity contribution in [3.05, 3.63) is 82.4 Å². The second-order valence-electron chi connectivity index (χ2n) is 6.34. The predicted molar refractivity (Wildman–Crippen MR) is 113 cm³/mol. The van der Waals surface area contributed by atoms with Crippen LogP contribution < -0.4 is 5.32 Å². The maximum atomic E-state index is 5.31. The molecule has 140 valence electrons. The minimum Gasteiger partial charge on any atom is -0.356 e. The van der Waals surface area contributed by atoms with Crippen LogP contribution in [0, 0.1) is 18.6 Å². The number of rotatable bonds is 5. The summed E-state index contributed by atoms with van der Waals surface area (Å²) in [5, 5.41) is 19.3. The molecule has 2 N–H and O–H groups in total. The predicted octanol–water partition coefficient (Wildman–Crippen LogP) is 4.37. The van der Waals surface area contributed by atoms with Crippen molar-refractivity contribution in [2.24, 2.45) is 5.10 Å². The number of aryl methyl sites for hydroxylation is 2. The van der Waals surface area contributed by atoms with Crippen molar-refractivity contribution >= 4 is 29.8 Å². The topological polar surface area (TPSA) is 75.8 Å². The summed E-state index contributed by atoms with van der Waals surface area (Å²) in [4.78, 5) is 0. The van der Waals surface area contributed by atoms with Gasteiger partial charge in [0.05, 0.1) is 11.9 Å². The second kappa shape index (κ2) is 7.61. The van der Waals surface area contributed by atoms with Crippen molar-refractivity contribution in [3.8, 4) is 5.95 Å². The Bertz CT molecular complexity index is 1170. The van der Waals surface area contributed by atoms with Gasteiger partial charge in [0.25, 0.3) is 5.95 Å². The van der Waals surface area contributed by atoms with Gasteiger partial charge in [0, 0.05) is 17.1 Å². The standard InChI is InChI=1S/C20H19N7S/c1-14-12-15(2)26(25-14)19-23-24-20(28)27(19)21-13-16-8-10-18(11-9-16)22-17-6-4-3-5-7-17/h3-13,22H,1-2H3,(H,24,28)/b21-13-. The highest BCUT2D eigenvalue weighted by atomic mass is 32.1. The van der Waals surface area contributed by atoms with E-state index in [9.17, 15) is 0 Å². The lowest BCUT2D eigenvalue weighted by molar-refractivity contribution is 0.714. The van der Waals surface area contributed by atoms with Crippen molar-refractivity contribution < 1.29 is 0 Å². The summed E-state index contributed by atoms with van der Waals surface area (Å²) in [6, 6.07) is 20.0. The molecule has 0 aliphatic rings. The van der Waals surface area contributed by atoms with Crippen LogP contribution in [0.3, 0.4) is 0 Å². The van der Waals surface area contributed by atoms with E-state index < -0.39 is 0 Å². The molecule has 4 aromatic rings. The van der Waals surface area contributed by atoms with E-state index in [0.29, 0.717) is 10.7 Å². The average molecular weight is 389 g/mol. The van der Waals surface area contributed by atoms with Crippen molar-refractivity contribution in [2.75, 3.05) is 5.32 Å². The van der Waals surface area contributed by atoms with Crippen LogP contribution in [0.5, 0.6) is 0 Å². The number of anilines is 2. The Morgan fingerprint density at radius 2 is 1.75 bits per heavy atom. The number of H-pyrrole nitrogens is 1. The highest BCUT2D eigenvalue weighted by Crippen LogP contribution is 2.16. The van der Waals surface area contributed by atoms with Gasteiger partial charge in [0.15, 0.2) is 0 Å². The first-order valence-corrected chi connectivity index (χ1v) is 9.18. The maximum absolute atomic E-state index is 5.31. The Balaban J connectivity index is 1.56. The van der Waals surface area contributed by atoms with Gasteiger partial charge in [-0.05, 0) is 62.0 Å². The minimum atomic E-state index is 0.404. The molecule has 0 fully saturated rings. The fourth-order valence-corrected chi connectivity index (χ4v) is 3.00. The molecular weight excluding hydrogens is 370 g/mol. The summed E-state index contributed by atoms with van der Waals surface area (Å²) in [6.45, 7) is 3.90. The summed E-state index contributed by atoms with van der Waals surface area (Å²) >= 11 is 5.31. The van der Waals surface area contributed by atoms with Crippen molar-refractivity contribution in [1.29, 1.82) is 0 Å². The molecule has 2 aromatic carbocycles. The third kappa shape index (κ3) is 3.77. The van der Waals surface area contributed by atoms with Gasteiger partial charge in [0.1, 0.15) is 0 Å². The quantitative estimate of drug-likeness (QED) is 0.393. The summed E-state index contributed by atoms with van der Waals surface area (Å²) < 4.78 is 3.68. The van der Waals surface area contributed by atoms with Gasteiger partial charge < -0.3 is 5.32 Å². The third-order valence-corrected chi connectivity index (χ3v) is 4.39. The van der Waals surface area contributed by atoms with E-state index in [1.807, 2.05) is 74.5 Å². The lowest BCUT2D eigenvalue weighted by Gasteiger charge is -2.06. The molecular formula is C20H19N7S. The Morgan fingerprint density at radius 1 is 1.04 bits per heavy atom. The number of para-hydroxylation sites is 1. The van der Waals surface area contributed by atoms with Crippen molar-refractivity contribution in [3.63, 3.8) is 0 Å². The van der Waals surface area contributed by atoms with Crippen LogP contribution in [0.4, 0.5) is 11.4 Å². The number of hydrogen-bond donors (Lipinski definition) is 2. The molecule has 8 heteroatoms. The molecule has 0 saturated heterocycles. The molecule has 0 aliphatic heterocycles. The van der Waals surface area contributed by atoms with E-state index >= 15 is 0 Å². The zero-order valence-electron chi connectivity index (χ0n) is 15.5. The Morgan fingerprint density at radius 3 is 2.43 bits per heavy atom. The number of aromatic nitrogens is 5. The van der Waals surface area contributed by atoms with Crippen LogP contribution >= 0.6 is 12.2 Å². The molecule has 0 saturated carbocycles. The highest BCUT2D eigenvalue weighted by molar-refractivity contribution is 7.71. The van der Waals surface area contributed by atoms with Crippen LogP contribution in [0.25, 0.3) is 5.95 Å². The first-order valence-electron chi connectivity index (χ1n) is 8.78. The van der Waals surface area contributed by atoms with E-state index in [-0.39, 0.29) is 0 Å². The summed E-state index contributed by atoms with van der Waals surface area (Å²) in [5.74, 6) is 0.522. The third-order valence-electron chi connectivity index (χ3n) is 4.13. The molecule has 0 amide bonds. The molecule has 2 aromatic heterocycles. The molecule has 0 bridgehead atoms. The van der Waals surface area contributed by atoms with Crippen LogP contribution in [-0.4, -0.2) is 30.9 Å². The van der Waals surface area contributed by atoms with Crippen LogP contribution in [0.1, 0.15) is 17.0 Å². The molecule has 0 aliphatic carbocycles. The normalized spacial score (nSPS) is 11.2. The van der Waals surface area contributed by atoms with E-state index in [1.54, 1.807) is 15.6 Å². The maximum Gasteiger partial charge on any atom is 0.271 e. The van der Waals surface area contributed by atoms with Crippen LogP contribution in [0.2, 0.25) is 0 Å². The Labute approximate surface area is 167 Å². The molecule has 0 radical (unpaired) electrons. The average Bonchev–Trinajstić information content (AvgIpc) is 3.23. The Kier molecular flexibility index (Phi) is 4.86. The number of nitrogens with one attached hydrogen (secondary N) is 2. The monoisotopic (exact) mass is 389 g/mol. The van der Waals surface area contributed by atoms with E-state index in [1.165, 1.54) is 0 Å². The van der Waals surface area contributed by atoms with Crippen molar-refractivity contribution in [1.82, 2.24) is 24.7 Å². The zero-order valence-corrected chi connectivity index (χ0v) is 16.3. The largest absolute Gasteiger partial charge is 0.356 e. The molecule has 2 heterocycles. The van der Waals surface area contributed by atoms with E-state index in [0.717, 1.165) is 28.3 Å². The molecule has 4 rings (SSSR count). The van der Waals surface area contributed by atoms with Gasteiger partial charge in [-0.3, -0.25) is 0 Å².